The van der Waals surface area contributed by atoms with Gasteiger partial charge in [0.25, 0.3) is 0 Å². The summed E-state index contributed by atoms with van der Waals surface area (Å²) >= 11 is 0. The lowest BCUT2D eigenvalue weighted by molar-refractivity contribution is 0.339. The molecule has 1 rings (SSSR count). The van der Waals surface area contributed by atoms with E-state index in [1.165, 1.54) is 12.1 Å². The van der Waals surface area contributed by atoms with Crippen molar-refractivity contribution in [2.24, 2.45) is 5.84 Å². The van der Waals surface area contributed by atoms with Crippen LogP contribution in [0.3, 0.4) is 0 Å². The van der Waals surface area contributed by atoms with Crippen LogP contribution in [0.25, 0.3) is 0 Å². The summed E-state index contributed by atoms with van der Waals surface area (Å²) in [6, 6.07) is 6.68. The van der Waals surface area contributed by atoms with Crippen LogP contribution in [0.2, 0.25) is 0 Å². The standard InChI is InChI=1S/C15H23FN2/c1-5-11(2)10-14(18-17)15(3,4)12-6-8-13(16)9-7-12/h6-9,14,18H,2,5,10,17H2,1,3-4H3. The van der Waals surface area contributed by atoms with E-state index in [1.54, 1.807) is 0 Å². The SMILES string of the molecule is C=C(CC)CC(NN)C(C)(C)c1ccc(F)cc1. The highest BCUT2D eigenvalue weighted by Crippen LogP contribution is 2.30. The molecular weight excluding hydrogens is 227 g/mol. The quantitative estimate of drug-likeness (QED) is 0.462. The molecule has 3 N–H and O–H groups in total. The molecular formula is C15H23FN2. The minimum Gasteiger partial charge on any atom is -0.271 e. The van der Waals surface area contributed by atoms with Gasteiger partial charge in [0, 0.05) is 11.5 Å². The van der Waals surface area contributed by atoms with Crippen LogP contribution in [0.15, 0.2) is 36.4 Å². The van der Waals surface area contributed by atoms with Crippen LogP contribution in [0, 0.1) is 5.82 Å². The molecule has 1 unspecified atom stereocenters. The second kappa shape index (κ2) is 6.12. The van der Waals surface area contributed by atoms with E-state index in [0.717, 1.165) is 24.0 Å². The fourth-order valence-corrected chi connectivity index (χ4v) is 2.04. The zero-order chi connectivity index (χ0) is 13.8. The average Bonchev–Trinajstić information content (AvgIpc) is 2.35. The van der Waals surface area contributed by atoms with Crippen LogP contribution >= 0.6 is 0 Å². The van der Waals surface area contributed by atoms with Crippen LogP contribution in [-0.2, 0) is 5.41 Å². The predicted molar refractivity (Wildman–Crippen MR) is 74.6 cm³/mol. The molecule has 0 heterocycles. The van der Waals surface area contributed by atoms with Crippen LogP contribution < -0.4 is 11.3 Å². The summed E-state index contributed by atoms with van der Waals surface area (Å²) in [6.45, 7) is 10.3. The van der Waals surface area contributed by atoms with Gasteiger partial charge in [0.15, 0.2) is 0 Å². The minimum absolute atomic E-state index is 0.0791. The van der Waals surface area contributed by atoms with Crippen molar-refractivity contribution in [2.45, 2.75) is 45.1 Å². The Bertz CT molecular complexity index is 395. The molecule has 3 heteroatoms. The van der Waals surface area contributed by atoms with Crippen molar-refractivity contribution in [3.63, 3.8) is 0 Å². The summed E-state index contributed by atoms with van der Waals surface area (Å²) < 4.78 is 13.0. The third kappa shape index (κ3) is 3.40. The van der Waals surface area contributed by atoms with Crippen molar-refractivity contribution in [3.8, 4) is 0 Å². The average molecular weight is 250 g/mol. The van der Waals surface area contributed by atoms with Gasteiger partial charge in [0.2, 0.25) is 0 Å². The number of benzene rings is 1. The van der Waals surface area contributed by atoms with Crippen molar-refractivity contribution in [2.75, 3.05) is 0 Å². The fourth-order valence-electron chi connectivity index (χ4n) is 2.04. The van der Waals surface area contributed by atoms with Crippen LogP contribution in [-0.4, -0.2) is 6.04 Å². The van der Waals surface area contributed by atoms with Gasteiger partial charge in [-0.1, -0.05) is 45.1 Å². The first-order valence-electron chi connectivity index (χ1n) is 6.30. The second-order valence-electron chi connectivity index (χ2n) is 5.26. The maximum Gasteiger partial charge on any atom is 0.123 e. The van der Waals surface area contributed by atoms with Crippen LogP contribution in [0.4, 0.5) is 4.39 Å². The minimum atomic E-state index is -0.218. The number of nitrogens with two attached hydrogens (primary N) is 1. The Balaban J connectivity index is 2.94. The van der Waals surface area contributed by atoms with Crippen molar-refractivity contribution in [1.82, 2.24) is 5.43 Å². The Labute approximate surface area is 109 Å². The van der Waals surface area contributed by atoms with Crippen molar-refractivity contribution in [3.05, 3.63) is 47.8 Å². The van der Waals surface area contributed by atoms with Gasteiger partial charge in [-0.25, -0.2) is 4.39 Å². The predicted octanol–water partition coefficient (Wildman–Crippen LogP) is 3.29. The zero-order valence-electron chi connectivity index (χ0n) is 11.5. The zero-order valence-corrected chi connectivity index (χ0v) is 11.5. The second-order valence-corrected chi connectivity index (χ2v) is 5.26. The maximum atomic E-state index is 13.0. The summed E-state index contributed by atoms with van der Waals surface area (Å²) in [4.78, 5) is 0. The molecule has 0 amide bonds. The summed E-state index contributed by atoms with van der Waals surface area (Å²) in [6.07, 6.45) is 1.76. The van der Waals surface area contributed by atoms with E-state index in [0.29, 0.717) is 0 Å². The molecule has 0 aliphatic rings. The Morgan fingerprint density at radius 1 is 1.39 bits per heavy atom. The van der Waals surface area contributed by atoms with E-state index >= 15 is 0 Å². The van der Waals surface area contributed by atoms with Gasteiger partial charge in [0.1, 0.15) is 5.82 Å². The van der Waals surface area contributed by atoms with Gasteiger partial charge in [-0.3, -0.25) is 11.3 Å². The first kappa shape index (κ1) is 14.9. The molecule has 0 aliphatic heterocycles. The van der Waals surface area contributed by atoms with Gasteiger partial charge in [-0.15, -0.1) is 0 Å². The molecule has 0 radical (unpaired) electrons. The Hall–Kier alpha value is -1.19. The topological polar surface area (TPSA) is 38.0 Å². The highest BCUT2D eigenvalue weighted by atomic mass is 19.1. The van der Waals surface area contributed by atoms with Crippen molar-refractivity contribution < 1.29 is 4.39 Å². The third-order valence-electron chi connectivity index (χ3n) is 3.65. The number of halogens is 1. The highest BCUT2D eigenvalue weighted by molar-refractivity contribution is 5.27. The number of rotatable bonds is 6. The van der Waals surface area contributed by atoms with Crippen molar-refractivity contribution in [1.29, 1.82) is 0 Å². The third-order valence-corrected chi connectivity index (χ3v) is 3.65. The van der Waals surface area contributed by atoms with Crippen LogP contribution in [0.1, 0.15) is 39.2 Å². The first-order chi connectivity index (χ1) is 8.41. The molecule has 2 nitrogen and oxygen atoms in total. The Morgan fingerprint density at radius 3 is 2.39 bits per heavy atom. The molecule has 0 aliphatic carbocycles. The summed E-state index contributed by atoms with van der Waals surface area (Å²) in [5.41, 5.74) is 4.91. The lowest BCUT2D eigenvalue weighted by Gasteiger charge is -2.35. The molecule has 18 heavy (non-hydrogen) atoms. The molecule has 100 valence electrons. The van der Waals surface area contributed by atoms with E-state index in [2.05, 4.69) is 32.8 Å². The maximum absolute atomic E-state index is 13.0. The van der Waals surface area contributed by atoms with E-state index in [9.17, 15) is 4.39 Å². The molecule has 0 saturated carbocycles. The van der Waals surface area contributed by atoms with Gasteiger partial charge in [-0.05, 0) is 30.5 Å². The Morgan fingerprint density at radius 2 is 1.94 bits per heavy atom. The van der Waals surface area contributed by atoms with Crippen LogP contribution in [0.5, 0.6) is 0 Å². The summed E-state index contributed by atoms with van der Waals surface area (Å²) in [5.74, 6) is 5.45. The number of hydrogen-bond donors (Lipinski definition) is 2. The number of nitrogens with one attached hydrogen (secondary N) is 1. The van der Waals surface area contributed by atoms with Gasteiger partial charge in [-0.2, -0.15) is 0 Å². The monoisotopic (exact) mass is 250 g/mol. The first-order valence-corrected chi connectivity index (χ1v) is 6.30. The Kier molecular flexibility index (Phi) is 5.05. The van der Waals surface area contributed by atoms with Gasteiger partial charge >= 0.3 is 0 Å². The molecule has 0 fully saturated rings. The molecule has 0 aromatic heterocycles. The summed E-state index contributed by atoms with van der Waals surface area (Å²) in [7, 11) is 0. The lowest BCUT2D eigenvalue weighted by atomic mass is 9.75. The van der Waals surface area contributed by atoms with Gasteiger partial charge < -0.3 is 0 Å². The largest absolute Gasteiger partial charge is 0.271 e. The van der Waals surface area contributed by atoms with Crippen molar-refractivity contribution >= 4 is 0 Å². The molecule has 1 aromatic carbocycles. The normalized spacial score (nSPS) is 13.4. The lowest BCUT2D eigenvalue weighted by Crippen LogP contribution is -2.48. The van der Waals surface area contributed by atoms with E-state index in [1.807, 2.05) is 12.1 Å². The molecule has 0 spiro atoms. The highest BCUT2D eigenvalue weighted by Gasteiger charge is 2.30. The van der Waals surface area contributed by atoms with E-state index in [4.69, 9.17) is 5.84 Å². The smallest absolute Gasteiger partial charge is 0.123 e. The fraction of sp³-hybridized carbons (Fsp3) is 0.467. The number of hydrazine groups is 1. The van der Waals surface area contributed by atoms with E-state index in [-0.39, 0.29) is 17.3 Å². The summed E-state index contributed by atoms with van der Waals surface area (Å²) in [5, 5.41) is 0. The molecule has 0 bridgehead atoms. The number of hydrogen-bond acceptors (Lipinski definition) is 2. The molecule has 1 atom stereocenters. The van der Waals surface area contributed by atoms with E-state index < -0.39 is 0 Å². The molecule has 0 saturated heterocycles. The molecule has 1 aromatic rings. The van der Waals surface area contributed by atoms with Gasteiger partial charge in [0.05, 0.1) is 0 Å².